The minimum absolute atomic E-state index is 0.113. The van der Waals surface area contributed by atoms with Crippen LogP contribution in [0.4, 0.5) is 0 Å². The maximum atomic E-state index is 12.1. The van der Waals surface area contributed by atoms with Crippen LogP contribution in [0.2, 0.25) is 0 Å². The zero-order chi connectivity index (χ0) is 22.8. The van der Waals surface area contributed by atoms with Gasteiger partial charge in [0.2, 0.25) is 0 Å². The minimum atomic E-state index is -0.849. The number of ether oxygens (including phenoxy) is 2. The van der Waals surface area contributed by atoms with Gasteiger partial charge in [-0.05, 0) is 68.0 Å². The lowest BCUT2D eigenvalue weighted by atomic mass is 10.2. The molecule has 3 aromatic rings. The lowest BCUT2D eigenvalue weighted by Crippen LogP contribution is -2.10. The molecule has 0 aliphatic carbocycles. The Bertz CT molecular complexity index is 993. The molecule has 0 aliphatic rings. The molecule has 0 bridgehead atoms. The third-order valence-electron chi connectivity index (χ3n) is 4.49. The fourth-order valence-electron chi connectivity index (χ4n) is 2.97. The van der Waals surface area contributed by atoms with Crippen LogP contribution < -0.4 is 4.74 Å². The van der Waals surface area contributed by atoms with E-state index in [1.165, 1.54) is 9.79 Å². The summed E-state index contributed by atoms with van der Waals surface area (Å²) in [6, 6.07) is 28.3. The highest BCUT2D eigenvalue weighted by molar-refractivity contribution is 7.97. The van der Waals surface area contributed by atoms with Crippen molar-refractivity contribution in [2.45, 2.75) is 33.9 Å². The average Bonchev–Trinajstić information content (AvgIpc) is 2.81. The standard InChI is InChI=1S/C26H24O5S/c1-20(27)26(29)30-19-9-8-14-25(28)31-21-15-17-24(18-16-21)32(22-10-4-2-5-11-22)23-12-6-3-7-13-23/h2-7,10-13,15-18H,1,8-9,14,19H2/p+1. The predicted molar refractivity (Wildman–Crippen MR) is 124 cm³/mol. The Kier molecular flexibility index (Phi) is 8.52. The molecular formula is C26H25O5S+. The Morgan fingerprint density at radius 3 is 1.84 bits per heavy atom. The molecule has 0 unspecified atom stereocenters. The van der Waals surface area contributed by atoms with Crippen LogP contribution in [0.3, 0.4) is 0 Å². The molecule has 3 aromatic carbocycles. The highest BCUT2D eigenvalue weighted by atomic mass is 32.2. The molecule has 0 saturated carbocycles. The van der Waals surface area contributed by atoms with Gasteiger partial charge in [-0.15, -0.1) is 0 Å². The van der Waals surface area contributed by atoms with Gasteiger partial charge in [-0.25, -0.2) is 4.79 Å². The van der Waals surface area contributed by atoms with Crippen molar-refractivity contribution >= 4 is 22.8 Å². The summed E-state index contributed by atoms with van der Waals surface area (Å²) in [5.74, 6) is -1.33. The number of hydrogen-bond acceptors (Lipinski definition) is 5. The minimum Gasteiger partial charge on any atom is -0.502 e. The first-order valence-corrected chi connectivity index (χ1v) is 11.5. The van der Waals surface area contributed by atoms with Crippen molar-refractivity contribution in [1.82, 2.24) is 0 Å². The summed E-state index contributed by atoms with van der Waals surface area (Å²) in [5.41, 5.74) is 0. The lowest BCUT2D eigenvalue weighted by Gasteiger charge is -2.09. The number of rotatable bonds is 10. The fraction of sp³-hybridized carbons (Fsp3) is 0.154. The van der Waals surface area contributed by atoms with E-state index in [1.54, 1.807) is 0 Å². The molecule has 0 heterocycles. The van der Waals surface area contributed by atoms with Crippen molar-refractivity contribution in [3.05, 3.63) is 97.3 Å². The Balaban J connectivity index is 1.58. The van der Waals surface area contributed by atoms with Gasteiger partial charge in [-0.2, -0.15) is 0 Å². The zero-order valence-corrected chi connectivity index (χ0v) is 18.4. The van der Waals surface area contributed by atoms with Gasteiger partial charge in [0.1, 0.15) is 5.75 Å². The van der Waals surface area contributed by atoms with E-state index in [0.29, 0.717) is 18.6 Å². The summed E-state index contributed by atoms with van der Waals surface area (Å²) in [4.78, 5) is 26.7. The first kappa shape index (κ1) is 23.2. The maximum Gasteiger partial charge on any atom is 0.372 e. The predicted octanol–water partition coefficient (Wildman–Crippen LogP) is 5.47. The third-order valence-corrected chi connectivity index (χ3v) is 6.72. The van der Waals surface area contributed by atoms with Crippen LogP contribution in [0.25, 0.3) is 0 Å². The molecule has 0 amide bonds. The smallest absolute Gasteiger partial charge is 0.372 e. The number of aliphatic hydroxyl groups excluding tert-OH is 1. The van der Waals surface area contributed by atoms with Crippen molar-refractivity contribution in [2.75, 3.05) is 6.61 Å². The van der Waals surface area contributed by atoms with Crippen molar-refractivity contribution in [2.24, 2.45) is 0 Å². The quantitative estimate of drug-likeness (QED) is 0.111. The number of carbonyl (C=O) groups is 2. The van der Waals surface area contributed by atoms with Crippen LogP contribution in [0, 0.1) is 0 Å². The number of carbonyl (C=O) groups excluding carboxylic acids is 2. The number of aliphatic hydroxyl groups is 1. The molecular weight excluding hydrogens is 424 g/mol. The molecule has 32 heavy (non-hydrogen) atoms. The van der Waals surface area contributed by atoms with E-state index in [9.17, 15) is 9.59 Å². The van der Waals surface area contributed by atoms with E-state index in [2.05, 4.69) is 30.8 Å². The summed E-state index contributed by atoms with van der Waals surface area (Å²) in [5, 5.41) is 8.87. The zero-order valence-electron chi connectivity index (χ0n) is 17.6. The molecule has 0 saturated heterocycles. The van der Waals surface area contributed by atoms with E-state index in [0.717, 1.165) is 4.90 Å². The van der Waals surface area contributed by atoms with Crippen molar-refractivity contribution in [3.8, 4) is 5.75 Å². The van der Waals surface area contributed by atoms with Crippen molar-refractivity contribution in [3.63, 3.8) is 0 Å². The average molecular weight is 450 g/mol. The highest BCUT2D eigenvalue weighted by Crippen LogP contribution is 2.31. The summed E-state index contributed by atoms with van der Waals surface area (Å²) in [7, 11) is -0.256. The van der Waals surface area contributed by atoms with Gasteiger partial charge in [-0.1, -0.05) is 36.4 Å². The SMILES string of the molecule is C=C(O)C(=O)OCCCCC(=O)Oc1ccc([S+](c2ccccc2)c2ccccc2)cc1. The largest absolute Gasteiger partial charge is 0.502 e. The second kappa shape index (κ2) is 11.8. The first-order valence-electron chi connectivity index (χ1n) is 10.2. The number of unbranched alkanes of at least 4 members (excludes halogenated alkanes) is 1. The van der Waals surface area contributed by atoms with E-state index in [-0.39, 0.29) is 29.9 Å². The van der Waals surface area contributed by atoms with E-state index < -0.39 is 11.7 Å². The summed E-state index contributed by atoms with van der Waals surface area (Å²) >= 11 is 0. The van der Waals surface area contributed by atoms with E-state index >= 15 is 0 Å². The lowest BCUT2D eigenvalue weighted by molar-refractivity contribution is -0.142. The van der Waals surface area contributed by atoms with Crippen LogP contribution in [-0.4, -0.2) is 23.7 Å². The van der Waals surface area contributed by atoms with Gasteiger partial charge in [0.25, 0.3) is 0 Å². The Labute approximate surface area is 190 Å². The summed E-state index contributed by atoms with van der Waals surface area (Å²) < 4.78 is 10.2. The van der Waals surface area contributed by atoms with Crippen LogP contribution in [0.15, 0.2) is 112 Å². The van der Waals surface area contributed by atoms with Crippen molar-refractivity contribution < 1.29 is 24.2 Å². The Hall–Kier alpha value is -3.51. The first-order chi connectivity index (χ1) is 15.5. The molecule has 0 fully saturated rings. The molecule has 5 nitrogen and oxygen atoms in total. The number of esters is 2. The van der Waals surface area contributed by atoms with Crippen LogP contribution in [-0.2, 0) is 25.2 Å². The highest BCUT2D eigenvalue weighted by Gasteiger charge is 2.28. The topological polar surface area (TPSA) is 72.8 Å². The molecule has 0 radical (unpaired) electrons. The normalized spacial score (nSPS) is 10.5. The van der Waals surface area contributed by atoms with Crippen LogP contribution in [0.1, 0.15) is 19.3 Å². The van der Waals surface area contributed by atoms with Gasteiger partial charge >= 0.3 is 11.9 Å². The van der Waals surface area contributed by atoms with Crippen molar-refractivity contribution in [1.29, 1.82) is 0 Å². The molecule has 6 heteroatoms. The summed E-state index contributed by atoms with van der Waals surface area (Å²) in [6.07, 6.45) is 1.20. The van der Waals surface area contributed by atoms with Gasteiger partial charge < -0.3 is 14.6 Å². The Morgan fingerprint density at radius 1 is 0.781 bits per heavy atom. The number of hydrogen-bond donors (Lipinski definition) is 1. The monoisotopic (exact) mass is 449 g/mol. The second-order valence-electron chi connectivity index (χ2n) is 6.92. The van der Waals surface area contributed by atoms with Gasteiger partial charge in [-0.3, -0.25) is 4.79 Å². The molecule has 0 aliphatic heterocycles. The fourth-order valence-corrected chi connectivity index (χ4v) is 5.05. The molecule has 1 N–H and O–H groups in total. The summed E-state index contributed by atoms with van der Waals surface area (Å²) in [6.45, 7) is 3.20. The maximum absolute atomic E-state index is 12.1. The Morgan fingerprint density at radius 2 is 1.31 bits per heavy atom. The van der Waals surface area contributed by atoms with Gasteiger partial charge in [0, 0.05) is 6.42 Å². The van der Waals surface area contributed by atoms with E-state index in [1.807, 2.05) is 60.7 Å². The molecule has 0 atom stereocenters. The van der Waals surface area contributed by atoms with Crippen LogP contribution in [0.5, 0.6) is 5.75 Å². The van der Waals surface area contributed by atoms with Gasteiger partial charge in [0.15, 0.2) is 20.4 Å². The van der Waals surface area contributed by atoms with Gasteiger partial charge in [0.05, 0.1) is 17.5 Å². The second-order valence-corrected chi connectivity index (χ2v) is 8.94. The molecule has 0 aromatic heterocycles. The molecule has 3 rings (SSSR count). The third kappa shape index (κ3) is 6.75. The molecule has 164 valence electrons. The molecule has 0 spiro atoms. The van der Waals surface area contributed by atoms with E-state index in [4.69, 9.17) is 14.6 Å². The van der Waals surface area contributed by atoms with Crippen LogP contribution >= 0.6 is 0 Å². The number of benzene rings is 3.